The third-order valence-corrected chi connectivity index (χ3v) is 3.69. The van der Waals surface area contributed by atoms with Crippen LogP contribution in [-0.2, 0) is 6.61 Å². The predicted molar refractivity (Wildman–Crippen MR) is 74.9 cm³/mol. The van der Waals surface area contributed by atoms with Crippen molar-refractivity contribution in [1.82, 2.24) is 19.7 Å². The van der Waals surface area contributed by atoms with Gasteiger partial charge in [0.05, 0.1) is 29.5 Å². The highest BCUT2D eigenvalue weighted by Gasteiger charge is 2.29. The van der Waals surface area contributed by atoms with Crippen LogP contribution >= 0.6 is 0 Å². The van der Waals surface area contributed by atoms with Crippen molar-refractivity contribution >= 4 is 11.0 Å². The van der Waals surface area contributed by atoms with E-state index in [1.54, 1.807) is 18.3 Å². The summed E-state index contributed by atoms with van der Waals surface area (Å²) in [6.45, 7) is -0.168. The highest BCUT2D eigenvalue weighted by atomic mass is 19.1. The zero-order chi connectivity index (χ0) is 14.4. The van der Waals surface area contributed by atoms with Crippen molar-refractivity contribution in [2.24, 2.45) is 0 Å². The van der Waals surface area contributed by atoms with Crippen molar-refractivity contribution in [1.29, 1.82) is 0 Å². The van der Waals surface area contributed by atoms with E-state index in [-0.39, 0.29) is 12.4 Å². The zero-order valence-electron chi connectivity index (χ0n) is 11.2. The van der Waals surface area contributed by atoms with Crippen LogP contribution in [0.3, 0.4) is 0 Å². The molecular formula is C15H13FN4O. The van der Waals surface area contributed by atoms with Crippen LogP contribution < -0.4 is 0 Å². The lowest BCUT2D eigenvalue weighted by molar-refractivity contribution is 0.275. The molecule has 0 amide bonds. The van der Waals surface area contributed by atoms with Gasteiger partial charge in [-0.1, -0.05) is 0 Å². The Kier molecular flexibility index (Phi) is 2.71. The molecule has 1 aliphatic carbocycles. The minimum absolute atomic E-state index is 0.168. The predicted octanol–water partition coefficient (Wildman–Crippen LogP) is 2.46. The molecule has 0 radical (unpaired) electrons. The SMILES string of the molecule is OCc1cc(-c2nc3ccc(F)cc3n2C2CC2)cnn1. The van der Waals surface area contributed by atoms with E-state index in [2.05, 4.69) is 19.7 Å². The molecule has 0 bridgehead atoms. The molecule has 1 aliphatic rings. The monoisotopic (exact) mass is 284 g/mol. The van der Waals surface area contributed by atoms with Gasteiger partial charge in [-0.2, -0.15) is 10.2 Å². The third kappa shape index (κ3) is 2.08. The molecule has 0 spiro atoms. The topological polar surface area (TPSA) is 63.8 Å². The van der Waals surface area contributed by atoms with E-state index >= 15 is 0 Å². The van der Waals surface area contributed by atoms with Gasteiger partial charge in [-0.3, -0.25) is 0 Å². The summed E-state index contributed by atoms with van der Waals surface area (Å²) in [7, 11) is 0. The maximum atomic E-state index is 13.5. The number of imidazole rings is 1. The molecule has 0 saturated heterocycles. The number of hydrogen-bond acceptors (Lipinski definition) is 4. The lowest BCUT2D eigenvalue weighted by Gasteiger charge is -2.07. The highest BCUT2D eigenvalue weighted by molar-refractivity contribution is 5.81. The fraction of sp³-hybridized carbons (Fsp3) is 0.267. The van der Waals surface area contributed by atoms with Crippen molar-refractivity contribution in [2.75, 3.05) is 0 Å². The second kappa shape index (κ2) is 4.60. The van der Waals surface area contributed by atoms with E-state index in [0.29, 0.717) is 11.7 Å². The molecule has 5 nitrogen and oxygen atoms in total. The van der Waals surface area contributed by atoms with Crippen LogP contribution in [0.1, 0.15) is 24.6 Å². The third-order valence-electron chi connectivity index (χ3n) is 3.69. The standard InChI is InChI=1S/C15H13FN4O/c16-10-1-4-13-14(6-10)20(12-2-3-12)15(18-13)9-5-11(8-21)19-17-7-9/h1,4-7,12,21H,2-3,8H2. The second-order valence-electron chi connectivity index (χ2n) is 5.26. The first kappa shape index (κ1) is 12.4. The summed E-state index contributed by atoms with van der Waals surface area (Å²) in [4.78, 5) is 4.61. The van der Waals surface area contributed by atoms with Crippen LogP contribution in [0, 0.1) is 5.82 Å². The highest BCUT2D eigenvalue weighted by Crippen LogP contribution is 2.41. The Balaban J connectivity index is 1.97. The maximum Gasteiger partial charge on any atom is 0.143 e. The fourth-order valence-corrected chi connectivity index (χ4v) is 2.58. The van der Waals surface area contributed by atoms with Crippen molar-refractivity contribution in [3.8, 4) is 11.4 Å². The lowest BCUT2D eigenvalue weighted by Crippen LogP contribution is -2.00. The molecule has 106 valence electrons. The van der Waals surface area contributed by atoms with Gasteiger partial charge in [0.25, 0.3) is 0 Å². The van der Waals surface area contributed by atoms with Crippen LogP contribution in [0.15, 0.2) is 30.5 Å². The molecule has 3 aromatic rings. The van der Waals surface area contributed by atoms with Crippen LogP contribution in [0.4, 0.5) is 4.39 Å². The number of nitrogens with zero attached hydrogens (tertiary/aromatic N) is 4. The number of hydrogen-bond donors (Lipinski definition) is 1. The van der Waals surface area contributed by atoms with E-state index in [1.807, 2.05) is 0 Å². The Morgan fingerprint density at radius 3 is 2.90 bits per heavy atom. The summed E-state index contributed by atoms with van der Waals surface area (Å²) in [5, 5.41) is 16.9. The van der Waals surface area contributed by atoms with Gasteiger partial charge in [0.2, 0.25) is 0 Å². The van der Waals surface area contributed by atoms with Crippen molar-refractivity contribution in [3.63, 3.8) is 0 Å². The summed E-state index contributed by atoms with van der Waals surface area (Å²) < 4.78 is 15.6. The van der Waals surface area contributed by atoms with Crippen molar-refractivity contribution < 1.29 is 9.50 Å². The van der Waals surface area contributed by atoms with E-state index in [4.69, 9.17) is 0 Å². The first-order valence-electron chi connectivity index (χ1n) is 6.86. The fourth-order valence-electron chi connectivity index (χ4n) is 2.58. The molecule has 2 heterocycles. The lowest BCUT2D eigenvalue weighted by atomic mass is 10.2. The number of aromatic nitrogens is 4. The minimum atomic E-state index is -0.264. The van der Waals surface area contributed by atoms with Gasteiger partial charge in [-0.15, -0.1) is 0 Å². The molecule has 1 aromatic carbocycles. The molecule has 2 aromatic heterocycles. The number of aliphatic hydroxyl groups is 1. The van der Waals surface area contributed by atoms with Gasteiger partial charge in [0, 0.05) is 11.6 Å². The largest absolute Gasteiger partial charge is 0.390 e. The molecule has 0 aliphatic heterocycles. The number of fused-ring (bicyclic) bond motifs is 1. The van der Waals surface area contributed by atoms with Gasteiger partial charge in [-0.05, 0) is 37.1 Å². The summed E-state index contributed by atoms with van der Waals surface area (Å²) in [6, 6.07) is 6.75. The molecule has 1 N–H and O–H groups in total. The van der Waals surface area contributed by atoms with E-state index in [9.17, 15) is 9.50 Å². The van der Waals surface area contributed by atoms with Crippen molar-refractivity contribution in [3.05, 3.63) is 42.0 Å². The first-order valence-corrected chi connectivity index (χ1v) is 6.86. The van der Waals surface area contributed by atoms with E-state index in [1.165, 1.54) is 12.1 Å². The summed E-state index contributed by atoms with van der Waals surface area (Å²) in [5.74, 6) is 0.488. The Hall–Kier alpha value is -2.34. The van der Waals surface area contributed by atoms with Gasteiger partial charge < -0.3 is 9.67 Å². The quantitative estimate of drug-likeness (QED) is 0.802. The van der Waals surface area contributed by atoms with E-state index < -0.39 is 0 Å². The van der Waals surface area contributed by atoms with Crippen LogP contribution in [0.25, 0.3) is 22.4 Å². The average molecular weight is 284 g/mol. The van der Waals surface area contributed by atoms with Gasteiger partial charge in [0.1, 0.15) is 11.6 Å². The number of aliphatic hydroxyl groups excluding tert-OH is 1. The molecule has 4 rings (SSSR count). The molecule has 21 heavy (non-hydrogen) atoms. The Morgan fingerprint density at radius 1 is 1.29 bits per heavy atom. The Morgan fingerprint density at radius 2 is 2.14 bits per heavy atom. The number of halogens is 1. The molecule has 0 atom stereocenters. The number of benzene rings is 1. The second-order valence-corrected chi connectivity index (χ2v) is 5.26. The Bertz CT molecular complexity index is 826. The molecular weight excluding hydrogens is 271 g/mol. The number of rotatable bonds is 3. The summed E-state index contributed by atoms with van der Waals surface area (Å²) in [5.41, 5.74) is 2.85. The molecule has 6 heteroatoms. The van der Waals surface area contributed by atoms with Crippen LogP contribution in [-0.4, -0.2) is 24.9 Å². The van der Waals surface area contributed by atoms with E-state index in [0.717, 1.165) is 35.3 Å². The smallest absolute Gasteiger partial charge is 0.143 e. The summed E-state index contributed by atoms with van der Waals surface area (Å²) in [6.07, 6.45) is 3.76. The van der Waals surface area contributed by atoms with Gasteiger partial charge >= 0.3 is 0 Å². The normalized spacial score (nSPS) is 14.8. The zero-order valence-corrected chi connectivity index (χ0v) is 11.2. The van der Waals surface area contributed by atoms with Crippen LogP contribution in [0.2, 0.25) is 0 Å². The van der Waals surface area contributed by atoms with Gasteiger partial charge in [-0.25, -0.2) is 9.37 Å². The van der Waals surface area contributed by atoms with Crippen molar-refractivity contribution in [2.45, 2.75) is 25.5 Å². The Labute approximate surface area is 120 Å². The summed E-state index contributed by atoms with van der Waals surface area (Å²) >= 11 is 0. The van der Waals surface area contributed by atoms with Crippen LogP contribution in [0.5, 0.6) is 0 Å². The minimum Gasteiger partial charge on any atom is -0.390 e. The molecule has 0 unspecified atom stereocenters. The van der Waals surface area contributed by atoms with Gasteiger partial charge in [0.15, 0.2) is 0 Å². The first-order chi connectivity index (χ1) is 10.3. The average Bonchev–Trinajstić information content (AvgIpc) is 3.28. The molecule has 1 fully saturated rings. The maximum absolute atomic E-state index is 13.5. The molecule has 1 saturated carbocycles.